The van der Waals surface area contributed by atoms with E-state index in [-0.39, 0.29) is 11.6 Å². The normalized spacial score (nSPS) is 10.6. The summed E-state index contributed by atoms with van der Waals surface area (Å²) < 4.78 is 21.2. The topological polar surface area (TPSA) is 78.4 Å². The highest BCUT2D eigenvalue weighted by Crippen LogP contribution is 2.39. The lowest BCUT2D eigenvalue weighted by Gasteiger charge is -2.13. The van der Waals surface area contributed by atoms with Crippen LogP contribution in [0.2, 0.25) is 10.0 Å². The smallest absolute Gasteiger partial charge is 0.277 e. The fourth-order valence-corrected chi connectivity index (χ4v) is 2.52. The molecule has 0 aliphatic carbocycles. The van der Waals surface area contributed by atoms with Crippen molar-refractivity contribution in [3.8, 4) is 23.0 Å². The molecule has 0 atom stereocenters. The number of benzene rings is 2. The number of halogens is 2. The summed E-state index contributed by atoms with van der Waals surface area (Å²) in [6, 6.07) is 8.33. The zero-order valence-electron chi connectivity index (χ0n) is 14.9. The second-order valence-corrected chi connectivity index (χ2v) is 5.84. The van der Waals surface area contributed by atoms with Crippen molar-refractivity contribution in [3.05, 3.63) is 45.9 Å². The molecule has 0 fully saturated rings. The first-order chi connectivity index (χ1) is 13.0. The molecule has 9 heteroatoms. The summed E-state index contributed by atoms with van der Waals surface area (Å²) in [5.74, 6) is 1.21. The van der Waals surface area contributed by atoms with E-state index < -0.39 is 5.91 Å². The average Bonchev–Trinajstić information content (AvgIpc) is 2.68. The Morgan fingerprint density at radius 3 is 2.44 bits per heavy atom. The van der Waals surface area contributed by atoms with Crippen molar-refractivity contribution >= 4 is 35.3 Å². The first kappa shape index (κ1) is 20.7. The number of nitrogens with one attached hydrogen (secondary N) is 1. The second kappa shape index (κ2) is 9.89. The Hall–Kier alpha value is -2.64. The molecule has 27 heavy (non-hydrogen) atoms. The van der Waals surface area contributed by atoms with E-state index in [1.165, 1.54) is 27.5 Å². The van der Waals surface area contributed by atoms with Crippen LogP contribution in [0.1, 0.15) is 5.56 Å². The Labute approximate surface area is 166 Å². The van der Waals surface area contributed by atoms with Crippen molar-refractivity contribution in [1.29, 1.82) is 0 Å². The first-order valence-electron chi connectivity index (χ1n) is 7.69. The minimum Gasteiger partial charge on any atom is -0.493 e. The maximum Gasteiger partial charge on any atom is 0.277 e. The highest BCUT2D eigenvalue weighted by atomic mass is 35.5. The molecule has 0 unspecified atom stereocenters. The van der Waals surface area contributed by atoms with Gasteiger partial charge in [0.15, 0.2) is 18.1 Å². The number of amides is 1. The summed E-state index contributed by atoms with van der Waals surface area (Å²) in [7, 11) is 4.52. The van der Waals surface area contributed by atoms with Crippen molar-refractivity contribution in [2.45, 2.75) is 0 Å². The molecule has 0 saturated heterocycles. The lowest BCUT2D eigenvalue weighted by Crippen LogP contribution is -2.24. The third kappa shape index (κ3) is 5.18. The molecular formula is C18H18Cl2N2O5. The van der Waals surface area contributed by atoms with Crippen LogP contribution in [0.3, 0.4) is 0 Å². The Kier molecular flexibility index (Phi) is 7.57. The Balaban J connectivity index is 2.00. The summed E-state index contributed by atoms with van der Waals surface area (Å²) in [5, 5.41) is 4.48. The van der Waals surface area contributed by atoms with Gasteiger partial charge in [0.25, 0.3) is 5.91 Å². The number of carbonyl (C=O) groups excluding carboxylic acids is 1. The number of nitrogens with zero attached hydrogens (tertiary/aromatic N) is 1. The molecule has 0 aliphatic rings. The van der Waals surface area contributed by atoms with Gasteiger partial charge in [0.1, 0.15) is 10.8 Å². The number of ether oxygens (including phenoxy) is 4. The zero-order chi connectivity index (χ0) is 19.8. The van der Waals surface area contributed by atoms with Crippen molar-refractivity contribution in [1.82, 2.24) is 5.43 Å². The van der Waals surface area contributed by atoms with Gasteiger partial charge in [0, 0.05) is 5.56 Å². The van der Waals surface area contributed by atoms with E-state index in [2.05, 4.69) is 10.5 Å². The van der Waals surface area contributed by atoms with E-state index in [0.29, 0.717) is 33.6 Å². The van der Waals surface area contributed by atoms with Crippen LogP contribution >= 0.6 is 23.2 Å². The Bertz CT molecular complexity index is 843. The molecule has 0 bridgehead atoms. The number of rotatable bonds is 8. The minimum atomic E-state index is -0.471. The van der Waals surface area contributed by atoms with Crippen LogP contribution in [0, 0.1) is 0 Å². The average molecular weight is 413 g/mol. The van der Waals surface area contributed by atoms with E-state index in [1.807, 2.05) is 0 Å². The predicted octanol–water partition coefficient (Wildman–Crippen LogP) is 3.55. The number of hydrogen-bond donors (Lipinski definition) is 1. The van der Waals surface area contributed by atoms with Crippen LogP contribution in [0.15, 0.2) is 35.4 Å². The van der Waals surface area contributed by atoms with Crippen molar-refractivity contribution in [2.75, 3.05) is 27.9 Å². The highest BCUT2D eigenvalue weighted by Gasteiger charge is 2.14. The highest BCUT2D eigenvalue weighted by molar-refractivity contribution is 6.42. The van der Waals surface area contributed by atoms with Crippen LogP contribution in [-0.4, -0.2) is 40.1 Å². The molecule has 0 spiro atoms. The summed E-state index contributed by atoms with van der Waals surface area (Å²) in [4.78, 5) is 11.9. The van der Waals surface area contributed by atoms with Crippen LogP contribution in [0.5, 0.6) is 23.0 Å². The predicted molar refractivity (Wildman–Crippen MR) is 104 cm³/mol. The standard InChI is InChI=1S/C18H18Cl2N2O5/c1-24-14-8-7-11(17(25-2)18(14)26-3)9-21-22-15(23)10-27-13-6-4-5-12(19)16(13)20/h4-9H,10H2,1-3H3,(H,22,23)/b21-9+. The summed E-state index contributed by atoms with van der Waals surface area (Å²) in [5.41, 5.74) is 2.95. The molecule has 0 aliphatic heterocycles. The maximum absolute atomic E-state index is 11.9. The van der Waals surface area contributed by atoms with Gasteiger partial charge in [-0.25, -0.2) is 5.43 Å². The van der Waals surface area contributed by atoms with Crippen LogP contribution < -0.4 is 24.4 Å². The minimum absolute atomic E-state index is 0.241. The fourth-order valence-electron chi connectivity index (χ4n) is 2.17. The summed E-state index contributed by atoms with van der Waals surface area (Å²) in [6.07, 6.45) is 1.42. The number of methoxy groups -OCH3 is 3. The monoisotopic (exact) mass is 412 g/mol. The van der Waals surface area contributed by atoms with E-state index in [4.69, 9.17) is 42.1 Å². The summed E-state index contributed by atoms with van der Waals surface area (Å²) >= 11 is 11.9. The van der Waals surface area contributed by atoms with Gasteiger partial charge in [-0.05, 0) is 24.3 Å². The third-order valence-electron chi connectivity index (χ3n) is 3.40. The van der Waals surface area contributed by atoms with E-state index >= 15 is 0 Å². The molecule has 2 aromatic rings. The zero-order valence-corrected chi connectivity index (χ0v) is 16.4. The van der Waals surface area contributed by atoms with Crippen LogP contribution in [0.25, 0.3) is 0 Å². The van der Waals surface area contributed by atoms with E-state index in [0.717, 1.165) is 0 Å². The van der Waals surface area contributed by atoms with Gasteiger partial charge < -0.3 is 18.9 Å². The Morgan fingerprint density at radius 2 is 1.78 bits per heavy atom. The quantitative estimate of drug-likeness (QED) is 0.529. The number of carbonyl (C=O) groups is 1. The number of hydrogen-bond acceptors (Lipinski definition) is 6. The lowest BCUT2D eigenvalue weighted by atomic mass is 10.2. The van der Waals surface area contributed by atoms with Gasteiger partial charge >= 0.3 is 0 Å². The van der Waals surface area contributed by atoms with Crippen LogP contribution in [0.4, 0.5) is 0 Å². The molecule has 2 aromatic carbocycles. The molecule has 144 valence electrons. The van der Waals surface area contributed by atoms with E-state index in [9.17, 15) is 4.79 Å². The lowest BCUT2D eigenvalue weighted by molar-refractivity contribution is -0.123. The van der Waals surface area contributed by atoms with Gasteiger partial charge in [-0.3, -0.25) is 4.79 Å². The number of hydrazone groups is 1. The molecule has 0 saturated carbocycles. The molecule has 1 amide bonds. The van der Waals surface area contributed by atoms with E-state index in [1.54, 1.807) is 30.3 Å². The fraction of sp³-hybridized carbons (Fsp3) is 0.222. The largest absolute Gasteiger partial charge is 0.493 e. The van der Waals surface area contributed by atoms with Gasteiger partial charge in [-0.15, -0.1) is 0 Å². The van der Waals surface area contributed by atoms with Crippen molar-refractivity contribution < 1.29 is 23.7 Å². The molecule has 2 rings (SSSR count). The molecule has 1 N–H and O–H groups in total. The molecular weight excluding hydrogens is 395 g/mol. The SMILES string of the molecule is COc1ccc(/C=N/NC(=O)COc2cccc(Cl)c2Cl)c(OC)c1OC. The van der Waals surface area contributed by atoms with Gasteiger partial charge in [0.05, 0.1) is 32.6 Å². The van der Waals surface area contributed by atoms with Gasteiger partial charge in [-0.1, -0.05) is 29.3 Å². The molecule has 0 radical (unpaired) electrons. The van der Waals surface area contributed by atoms with Crippen molar-refractivity contribution in [2.24, 2.45) is 5.10 Å². The molecule has 7 nitrogen and oxygen atoms in total. The Morgan fingerprint density at radius 1 is 1.04 bits per heavy atom. The molecule has 0 aromatic heterocycles. The second-order valence-electron chi connectivity index (χ2n) is 5.06. The maximum atomic E-state index is 11.9. The van der Waals surface area contributed by atoms with Gasteiger partial charge in [0.2, 0.25) is 5.75 Å². The molecule has 0 heterocycles. The van der Waals surface area contributed by atoms with Crippen LogP contribution in [-0.2, 0) is 4.79 Å². The first-order valence-corrected chi connectivity index (χ1v) is 8.45. The summed E-state index contributed by atoms with van der Waals surface area (Å²) in [6.45, 7) is -0.277. The third-order valence-corrected chi connectivity index (χ3v) is 4.20. The van der Waals surface area contributed by atoms with Gasteiger partial charge in [-0.2, -0.15) is 5.10 Å². The van der Waals surface area contributed by atoms with Crippen molar-refractivity contribution in [3.63, 3.8) is 0 Å².